The van der Waals surface area contributed by atoms with Gasteiger partial charge in [0, 0.05) is 18.8 Å². The van der Waals surface area contributed by atoms with Crippen molar-refractivity contribution in [2.75, 3.05) is 18.0 Å². The van der Waals surface area contributed by atoms with Crippen molar-refractivity contribution in [3.63, 3.8) is 0 Å². The van der Waals surface area contributed by atoms with E-state index >= 15 is 0 Å². The van der Waals surface area contributed by atoms with Gasteiger partial charge in [0.1, 0.15) is 0 Å². The lowest BCUT2D eigenvalue weighted by atomic mass is 10.1. The topological polar surface area (TPSA) is 41.9 Å². The molecule has 1 aliphatic heterocycles. The average molecular weight is 355 g/mol. The number of aliphatic imine (C=N–C) groups is 1. The van der Waals surface area contributed by atoms with E-state index in [1.807, 2.05) is 36.4 Å². The summed E-state index contributed by atoms with van der Waals surface area (Å²) >= 11 is 6.14. The Hall–Kier alpha value is -2.59. The van der Waals surface area contributed by atoms with Crippen LogP contribution in [0.3, 0.4) is 0 Å². The molecule has 0 spiro atoms. The van der Waals surface area contributed by atoms with Crippen LogP contribution in [0.4, 0.5) is 5.69 Å². The highest BCUT2D eigenvalue weighted by Gasteiger charge is 2.25. The number of nitrogens with zero attached hydrogens (tertiary/aromatic N) is 2. The molecule has 128 valence electrons. The molecule has 0 amide bonds. The van der Waals surface area contributed by atoms with Crippen LogP contribution in [0.15, 0.2) is 59.2 Å². The van der Waals surface area contributed by atoms with Crippen LogP contribution in [0.2, 0.25) is 5.02 Å². The zero-order chi connectivity index (χ0) is 17.8. The fraction of sp³-hybridized carbons (Fsp3) is 0.200. The normalized spacial score (nSPS) is 15.2. The Morgan fingerprint density at radius 3 is 2.40 bits per heavy atom. The molecular formula is C20H19ClN2O2. The van der Waals surface area contributed by atoms with Gasteiger partial charge in [0.15, 0.2) is 5.70 Å². The van der Waals surface area contributed by atoms with E-state index in [0.717, 1.165) is 24.3 Å². The highest BCUT2D eigenvalue weighted by Crippen LogP contribution is 2.24. The summed E-state index contributed by atoms with van der Waals surface area (Å²) in [6.45, 7) is 6.15. The Morgan fingerprint density at radius 2 is 1.76 bits per heavy atom. The quantitative estimate of drug-likeness (QED) is 0.585. The molecule has 0 saturated heterocycles. The number of hydrogen-bond donors (Lipinski definition) is 0. The molecule has 5 heteroatoms. The van der Waals surface area contributed by atoms with E-state index < -0.39 is 5.97 Å². The van der Waals surface area contributed by atoms with Gasteiger partial charge in [0.25, 0.3) is 0 Å². The minimum Gasteiger partial charge on any atom is -0.402 e. The molecule has 1 aliphatic rings. The van der Waals surface area contributed by atoms with Crippen molar-refractivity contribution in [2.45, 2.75) is 13.8 Å². The number of carbonyl (C=O) groups excluding carboxylic acids is 1. The molecule has 0 atom stereocenters. The lowest BCUT2D eigenvalue weighted by Gasteiger charge is -2.20. The molecule has 2 aromatic carbocycles. The number of esters is 1. The maximum atomic E-state index is 12.1. The Morgan fingerprint density at radius 1 is 1.08 bits per heavy atom. The summed E-state index contributed by atoms with van der Waals surface area (Å²) in [6, 6.07) is 15.2. The summed E-state index contributed by atoms with van der Waals surface area (Å²) in [5, 5.41) is 0.499. The van der Waals surface area contributed by atoms with Gasteiger partial charge in [-0.15, -0.1) is 0 Å². The van der Waals surface area contributed by atoms with E-state index in [-0.39, 0.29) is 11.6 Å². The van der Waals surface area contributed by atoms with Gasteiger partial charge < -0.3 is 9.64 Å². The second-order valence-corrected chi connectivity index (χ2v) is 5.99. The fourth-order valence-corrected chi connectivity index (χ4v) is 2.90. The van der Waals surface area contributed by atoms with Crippen LogP contribution < -0.4 is 4.90 Å². The van der Waals surface area contributed by atoms with E-state index in [0.29, 0.717) is 10.6 Å². The lowest BCUT2D eigenvalue weighted by Crippen LogP contribution is -2.21. The lowest BCUT2D eigenvalue weighted by molar-refractivity contribution is -0.129. The van der Waals surface area contributed by atoms with E-state index in [9.17, 15) is 4.79 Å². The maximum Gasteiger partial charge on any atom is 0.363 e. The highest BCUT2D eigenvalue weighted by atomic mass is 35.5. The zero-order valence-corrected chi connectivity index (χ0v) is 15.0. The third kappa shape index (κ3) is 3.74. The Bertz CT molecular complexity index is 837. The standard InChI is InChI=1S/C20H19ClN2O2/c1-3-23(4-2)15-11-9-14(10-12-15)13-18-20(24)25-19(22-18)16-7-5-6-8-17(16)21/h5-13H,3-4H2,1-2H3/b18-13+. The van der Waals surface area contributed by atoms with Crippen molar-refractivity contribution >= 4 is 35.2 Å². The monoisotopic (exact) mass is 354 g/mol. The van der Waals surface area contributed by atoms with Gasteiger partial charge in [-0.25, -0.2) is 9.79 Å². The number of rotatable bonds is 5. The van der Waals surface area contributed by atoms with Crippen LogP contribution in [-0.4, -0.2) is 25.0 Å². The second kappa shape index (κ2) is 7.53. The van der Waals surface area contributed by atoms with Crippen LogP contribution >= 0.6 is 11.6 Å². The van der Waals surface area contributed by atoms with E-state index in [1.54, 1.807) is 18.2 Å². The molecule has 25 heavy (non-hydrogen) atoms. The van der Waals surface area contributed by atoms with Crippen molar-refractivity contribution in [3.8, 4) is 0 Å². The van der Waals surface area contributed by atoms with Crippen molar-refractivity contribution in [3.05, 3.63) is 70.4 Å². The third-order valence-electron chi connectivity index (χ3n) is 4.05. The minimum atomic E-state index is -0.470. The first-order valence-electron chi connectivity index (χ1n) is 8.24. The van der Waals surface area contributed by atoms with Crippen LogP contribution in [0.25, 0.3) is 6.08 Å². The maximum absolute atomic E-state index is 12.1. The van der Waals surface area contributed by atoms with Crippen LogP contribution in [0.5, 0.6) is 0 Å². The number of benzene rings is 2. The second-order valence-electron chi connectivity index (χ2n) is 5.58. The molecule has 0 saturated carbocycles. The molecular weight excluding hydrogens is 336 g/mol. The zero-order valence-electron chi connectivity index (χ0n) is 14.2. The van der Waals surface area contributed by atoms with Crippen molar-refractivity contribution < 1.29 is 9.53 Å². The first-order chi connectivity index (χ1) is 12.1. The number of hydrogen-bond acceptors (Lipinski definition) is 4. The first-order valence-corrected chi connectivity index (χ1v) is 8.62. The Balaban J connectivity index is 1.86. The summed E-state index contributed by atoms with van der Waals surface area (Å²) < 4.78 is 5.26. The molecule has 1 heterocycles. The molecule has 0 radical (unpaired) electrons. The predicted molar refractivity (Wildman–Crippen MR) is 102 cm³/mol. The van der Waals surface area contributed by atoms with Gasteiger partial charge in [0.2, 0.25) is 5.90 Å². The molecule has 0 aromatic heterocycles. The third-order valence-corrected chi connectivity index (χ3v) is 4.38. The molecule has 0 unspecified atom stereocenters. The number of cyclic esters (lactones) is 1. The summed E-state index contributed by atoms with van der Waals surface area (Å²) in [4.78, 5) is 18.6. The number of carbonyl (C=O) groups is 1. The van der Waals surface area contributed by atoms with Gasteiger partial charge in [-0.3, -0.25) is 0 Å². The van der Waals surface area contributed by atoms with Crippen molar-refractivity contribution in [1.82, 2.24) is 0 Å². The minimum absolute atomic E-state index is 0.238. The van der Waals surface area contributed by atoms with E-state index in [4.69, 9.17) is 16.3 Å². The Labute approximate surface area is 152 Å². The largest absolute Gasteiger partial charge is 0.402 e. The molecule has 2 aromatic rings. The molecule has 3 rings (SSSR count). The number of ether oxygens (including phenoxy) is 1. The van der Waals surface area contributed by atoms with Gasteiger partial charge in [-0.05, 0) is 49.8 Å². The summed E-state index contributed by atoms with van der Waals surface area (Å²) in [5.41, 5.74) is 2.93. The van der Waals surface area contributed by atoms with Gasteiger partial charge in [-0.1, -0.05) is 35.9 Å². The molecule has 4 nitrogen and oxygen atoms in total. The van der Waals surface area contributed by atoms with Gasteiger partial charge in [0.05, 0.1) is 10.6 Å². The van der Waals surface area contributed by atoms with Crippen LogP contribution in [-0.2, 0) is 9.53 Å². The summed E-state index contributed by atoms with van der Waals surface area (Å²) in [6.07, 6.45) is 1.72. The van der Waals surface area contributed by atoms with Crippen LogP contribution in [0, 0.1) is 0 Å². The van der Waals surface area contributed by atoms with Gasteiger partial charge >= 0.3 is 5.97 Å². The van der Waals surface area contributed by atoms with Crippen molar-refractivity contribution in [2.24, 2.45) is 4.99 Å². The summed E-state index contributed by atoms with van der Waals surface area (Å²) in [5.74, 6) is -0.232. The molecule has 0 N–H and O–H groups in total. The summed E-state index contributed by atoms with van der Waals surface area (Å²) in [7, 11) is 0. The van der Waals surface area contributed by atoms with Gasteiger partial charge in [-0.2, -0.15) is 0 Å². The SMILES string of the molecule is CCN(CC)c1ccc(/C=C2/N=C(c3ccccc3Cl)OC2=O)cc1. The molecule has 0 bridgehead atoms. The predicted octanol–water partition coefficient (Wildman–Crippen LogP) is 4.53. The highest BCUT2D eigenvalue weighted by molar-refractivity contribution is 6.34. The fourth-order valence-electron chi connectivity index (χ4n) is 2.69. The Kier molecular flexibility index (Phi) is 5.19. The van der Waals surface area contributed by atoms with Crippen molar-refractivity contribution in [1.29, 1.82) is 0 Å². The van der Waals surface area contributed by atoms with E-state index in [1.165, 1.54) is 0 Å². The number of anilines is 1. The number of halogens is 1. The van der Waals surface area contributed by atoms with E-state index in [2.05, 4.69) is 23.7 Å². The molecule has 0 aliphatic carbocycles. The average Bonchev–Trinajstić information content (AvgIpc) is 2.98. The first kappa shape index (κ1) is 17.2. The molecule has 0 fully saturated rings. The van der Waals surface area contributed by atoms with Crippen LogP contribution in [0.1, 0.15) is 25.0 Å². The smallest absolute Gasteiger partial charge is 0.363 e.